The number of aliphatic hydroxyl groups is 1. The lowest BCUT2D eigenvalue weighted by Crippen LogP contribution is -2.45. The number of fused-ring (bicyclic) bond motifs is 5. The molecular weight excluding hydrogens is 312 g/mol. The molecule has 1 unspecified atom stereocenters. The zero-order valence-corrected chi connectivity index (χ0v) is 15.6. The van der Waals surface area contributed by atoms with E-state index in [0.717, 1.165) is 25.7 Å². The highest BCUT2D eigenvalue weighted by Gasteiger charge is 2.56. The first-order valence-corrected chi connectivity index (χ1v) is 9.82. The van der Waals surface area contributed by atoms with Gasteiger partial charge in [0.2, 0.25) is 0 Å². The van der Waals surface area contributed by atoms with Gasteiger partial charge in [-0.25, -0.2) is 0 Å². The van der Waals surface area contributed by atoms with Crippen LogP contribution in [0.3, 0.4) is 0 Å². The Morgan fingerprint density at radius 1 is 1.28 bits per heavy atom. The van der Waals surface area contributed by atoms with E-state index in [1.54, 1.807) is 0 Å². The molecule has 4 rings (SSSR count). The van der Waals surface area contributed by atoms with Crippen molar-refractivity contribution in [2.45, 2.75) is 70.8 Å². The molecule has 25 heavy (non-hydrogen) atoms. The maximum atomic E-state index is 11.5. The van der Waals surface area contributed by atoms with Gasteiger partial charge in [0, 0.05) is 24.9 Å². The van der Waals surface area contributed by atoms with Crippen molar-refractivity contribution in [2.24, 2.45) is 17.3 Å². The Hall–Kier alpha value is -1.35. The number of carbonyl (C=O) groups is 1. The molecule has 0 spiro atoms. The van der Waals surface area contributed by atoms with Crippen molar-refractivity contribution in [3.05, 3.63) is 34.9 Å². The van der Waals surface area contributed by atoms with Crippen molar-refractivity contribution in [1.29, 1.82) is 0 Å². The number of aryl methyl sites for hydroxylation is 1. The third kappa shape index (κ3) is 2.63. The second-order valence-electron chi connectivity index (χ2n) is 8.84. The van der Waals surface area contributed by atoms with Crippen LogP contribution in [0, 0.1) is 24.2 Å². The molecule has 3 nitrogen and oxygen atoms in total. The number of ether oxygens (including phenoxy) is 1. The fourth-order valence-electron chi connectivity index (χ4n) is 6.36. The largest absolute Gasteiger partial charge is 0.462 e. The summed E-state index contributed by atoms with van der Waals surface area (Å²) in [5, 5.41) is 10.0. The summed E-state index contributed by atoms with van der Waals surface area (Å²) in [5.74, 6) is 1.91. The van der Waals surface area contributed by atoms with Gasteiger partial charge < -0.3 is 9.84 Å². The average Bonchev–Trinajstić information content (AvgIpc) is 2.90. The quantitative estimate of drug-likeness (QED) is 0.814. The number of benzene rings is 1. The van der Waals surface area contributed by atoms with Crippen molar-refractivity contribution >= 4 is 5.97 Å². The second kappa shape index (κ2) is 6.12. The van der Waals surface area contributed by atoms with Crippen LogP contribution in [-0.2, 0) is 9.53 Å². The van der Waals surface area contributed by atoms with Gasteiger partial charge in [-0.3, -0.25) is 4.79 Å². The zero-order chi connectivity index (χ0) is 17.8. The molecule has 6 atom stereocenters. The van der Waals surface area contributed by atoms with Gasteiger partial charge in [-0.1, -0.05) is 30.7 Å². The molecule has 136 valence electrons. The molecule has 0 saturated heterocycles. The second-order valence-corrected chi connectivity index (χ2v) is 8.84. The first kappa shape index (κ1) is 17.1. The van der Waals surface area contributed by atoms with Gasteiger partial charge in [-0.05, 0) is 67.9 Å². The van der Waals surface area contributed by atoms with E-state index < -0.39 is 0 Å². The van der Waals surface area contributed by atoms with Gasteiger partial charge in [0.15, 0.2) is 0 Å². The van der Waals surface area contributed by atoms with Crippen LogP contribution in [0.1, 0.15) is 74.5 Å². The van der Waals surface area contributed by atoms with Crippen LogP contribution in [0.2, 0.25) is 0 Å². The number of carbonyl (C=O) groups excluding carboxylic acids is 1. The van der Waals surface area contributed by atoms with Gasteiger partial charge >= 0.3 is 5.97 Å². The lowest BCUT2D eigenvalue weighted by molar-refractivity contribution is -0.154. The van der Waals surface area contributed by atoms with Crippen LogP contribution in [0.5, 0.6) is 0 Å². The van der Waals surface area contributed by atoms with Crippen LogP contribution in [0.15, 0.2) is 18.2 Å². The summed E-state index contributed by atoms with van der Waals surface area (Å²) in [4.78, 5) is 11.5. The van der Waals surface area contributed by atoms with Crippen LogP contribution in [-0.4, -0.2) is 23.8 Å². The number of hydrogen-bond acceptors (Lipinski definition) is 3. The summed E-state index contributed by atoms with van der Waals surface area (Å²) >= 11 is 0. The van der Waals surface area contributed by atoms with Gasteiger partial charge in [0.25, 0.3) is 0 Å². The van der Waals surface area contributed by atoms with E-state index in [1.807, 2.05) is 0 Å². The van der Waals surface area contributed by atoms with Gasteiger partial charge in [0.1, 0.15) is 6.10 Å². The third-order valence-corrected chi connectivity index (χ3v) is 7.52. The highest BCUT2D eigenvalue weighted by Crippen LogP contribution is 2.62. The van der Waals surface area contributed by atoms with E-state index >= 15 is 0 Å². The van der Waals surface area contributed by atoms with Crippen molar-refractivity contribution in [2.75, 3.05) is 6.61 Å². The molecule has 2 fully saturated rings. The Morgan fingerprint density at radius 3 is 2.80 bits per heavy atom. The number of hydrogen-bond donors (Lipinski definition) is 1. The van der Waals surface area contributed by atoms with Crippen molar-refractivity contribution < 1.29 is 14.6 Å². The number of aliphatic hydroxyl groups excluding tert-OH is 1. The fraction of sp³-hybridized carbons (Fsp3) is 0.682. The average molecular weight is 342 g/mol. The molecule has 0 bridgehead atoms. The first-order valence-electron chi connectivity index (χ1n) is 9.82. The van der Waals surface area contributed by atoms with E-state index in [0.29, 0.717) is 17.8 Å². The van der Waals surface area contributed by atoms with E-state index in [2.05, 4.69) is 32.0 Å². The van der Waals surface area contributed by atoms with Gasteiger partial charge in [0.05, 0.1) is 0 Å². The molecule has 1 aromatic carbocycles. The van der Waals surface area contributed by atoms with Gasteiger partial charge in [-0.15, -0.1) is 0 Å². The van der Waals surface area contributed by atoms with Crippen LogP contribution < -0.4 is 0 Å². The zero-order valence-electron chi connectivity index (χ0n) is 15.6. The Morgan fingerprint density at radius 2 is 2.08 bits per heavy atom. The van der Waals surface area contributed by atoms with E-state index in [9.17, 15) is 9.90 Å². The fourth-order valence-corrected chi connectivity index (χ4v) is 6.36. The first-order chi connectivity index (χ1) is 11.9. The van der Waals surface area contributed by atoms with E-state index in [4.69, 9.17) is 4.74 Å². The van der Waals surface area contributed by atoms with Crippen LogP contribution >= 0.6 is 0 Å². The summed E-state index contributed by atoms with van der Waals surface area (Å²) in [6.45, 7) is 6.24. The molecule has 0 aromatic heterocycles. The maximum absolute atomic E-state index is 11.5. The minimum Gasteiger partial charge on any atom is -0.462 e. The summed E-state index contributed by atoms with van der Waals surface area (Å²) in [7, 11) is 0. The number of rotatable bonds is 2. The Labute approximate surface area is 150 Å². The molecule has 2 saturated carbocycles. The van der Waals surface area contributed by atoms with Gasteiger partial charge in [-0.2, -0.15) is 0 Å². The molecule has 3 aliphatic carbocycles. The molecule has 3 heteroatoms. The minimum absolute atomic E-state index is 0.0722. The SMILES string of the molecule is CC(=O)OC1CC[C@H]2[C@@H]3C[C@@H](CO)c4cc(C)ccc4[C@H]3CC[C@]12C. The Balaban J connectivity index is 1.68. The molecule has 0 heterocycles. The molecule has 0 aliphatic heterocycles. The smallest absolute Gasteiger partial charge is 0.302 e. The highest BCUT2D eigenvalue weighted by molar-refractivity contribution is 5.66. The maximum Gasteiger partial charge on any atom is 0.302 e. The summed E-state index contributed by atoms with van der Waals surface area (Å²) in [6.07, 6.45) is 5.59. The monoisotopic (exact) mass is 342 g/mol. The molecule has 1 aromatic rings. The topological polar surface area (TPSA) is 46.5 Å². The molecule has 3 aliphatic rings. The Bertz CT molecular complexity index is 682. The standard InChI is InChI=1S/C22H30O3/c1-13-4-5-16-17-8-9-22(3)20(6-7-21(22)25-14(2)24)19(17)11-15(12-23)18(16)10-13/h4-5,10,15,17,19-21,23H,6-9,11-12H2,1-3H3/t15-,17+,19+,20-,21?,22-/m0/s1. The van der Waals surface area contributed by atoms with Crippen molar-refractivity contribution in [1.82, 2.24) is 0 Å². The number of esters is 1. The molecule has 1 N–H and O–H groups in total. The highest BCUT2D eigenvalue weighted by atomic mass is 16.5. The molecule has 0 radical (unpaired) electrons. The van der Waals surface area contributed by atoms with E-state index in [1.165, 1.54) is 30.0 Å². The predicted octanol–water partition coefficient (Wildman–Crippen LogP) is 4.32. The van der Waals surface area contributed by atoms with Crippen LogP contribution in [0.4, 0.5) is 0 Å². The normalized spacial score (nSPS) is 39.3. The lowest BCUT2D eigenvalue weighted by atomic mass is 9.54. The third-order valence-electron chi connectivity index (χ3n) is 7.52. The van der Waals surface area contributed by atoms with E-state index in [-0.39, 0.29) is 30.0 Å². The lowest BCUT2D eigenvalue weighted by Gasteiger charge is -2.51. The Kier molecular flexibility index (Phi) is 4.18. The van der Waals surface area contributed by atoms with Crippen LogP contribution in [0.25, 0.3) is 0 Å². The minimum atomic E-state index is -0.147. The predicted molar refractivity (Wildman–Crippen MR) is 97.5 cm³/mol. The summed E-state index contributed by atoms with van der Waals surface area (Å²) in [5.41, 5.74) is 4.24. The summed E-state index contributed by atoms with van der Waals surface area (Å²) < 4.78 is 5.71. The van der Waals surface area contributed by atoms with Crippen molar-refractivity contribution in [3.8, 4) is 0 Å². The molecule has 0 amide bonds. The van der Waals surface area contributed by atoms with Crippen molar-refractivity contribution in [3.63, 3.8) is 0 Å². The summed E-state index contributed by atoms with van der Waals surface area (Å²) in [6, 6.07) is 6.82. The molecular formula is C22H30O3.